The highest BCUT2D eigenvalue weighted by molar-refractivity contribution is 6.22. The number of aliphatic carboxylic acids is 1. The van der Waals surface area contributed by atoms with Gasteiger partial charge in [-0.2, -0.15) is 0 Å². The van der Waals surface area contributed by atoms with Crippen LogP contribution in [0.25, 0.3) is 0 Å². The molecule has 0 atom stereocenters. The van der Waals surface area contributed by atoms with Gasteiger partial charge in [0.05, 0.1) is 5.70 Å². The maximum absolute atomic E-state index is 12.4. The van der Waals surface area contributed by atoms with E-state index in [0.717, 1.165) is 39.3 Å². The summed E-state index contributed by atoms with van der Waals surface area (Å²) in [6.07, 6.45) is 0.816. The number of ether oxygens (including phenoxy) is 1. The number of hydrogen-bond acceptors (Lipinski definition) is 10. The average Bonchev–Trinajstić information content (AvgIpc) is 3.48. The Balaban J connectivity index is 0.000000220. The van der Waals surface area contributed by atoms with E-state index < -0.39 is 25.2 Å². The molecule has 154 valence electrons. The predicted octanol–water partition coefficient (Wildman–Crippen LogP) is -2.29. The minimum Gasteiger partial charge on any atom is -0.481 e. The lowest BCUT2D eigenvalue weighted by atomic mass is 10.0. The van der Waals surface area contributed by atoms with Crippen LogP contribution in [0.5, 0.6) is 0 Å². The van der Waals surface area contributed by atoms with Crippen molar-refractivity contribution in [3.05, 3.63) is 23.2 Å². The second kappa shape index (κ2) is 9.33. The molecule has 3 aliphatic heterocycles. The van der Waals surface area contributed by atoms with Gasteiger partial charge in [-0.15, -0.1) is 0 Å². The van der Waals surface area contributed by atoms with Crippen LogP contribution in [0.15, 0.2) is 23.2 Å². The van der Waals surface area contributed by atoms with E-state index in [1.165, 1.54) is 13.1 Å². The topological polar surface area (TPSA) is 153 Å². The predicted molar refractivity (Wildman–Crippen MR) is 95.4 cm³/mol. The molecule has 0 unspecified atom stereocenters. The van der Waals surface area contributed by atoms with E-state index in [1.807, 2.05) is 14.7 Å². The average molecular weight is 396 g/mol. The Labute approximate surface area is 161 Å². The summed E-state index contributed by atoms with van der Waals surface area (Å²) in [4.78, 5) is 50.3. The SMILES string of the molecule is CN.O=C(O)CC(=O)OCO.O=C1C=C(N2CC2)C(=O)C(N2CC2)=C1N1CC1. The van der Waals surface area contributed by atoms with Crippen LogP contribution in [-0.4, -0.2) is 102 Å². The zero-order chi connectivity index (χ0) is 20.8. The van der Waals surface area contributed by atoms with Crippen LogP contribution in [-0.2, 0) is 23.9 Å². The molecule has 0 amide bonds. The number of nitrogens with two attached hydrogens (primary N) is 1. The van der Waals surface area contributed by atoms with Crippen molar-refractivity contribution in [1.29, 1.82) is 0 Å². The van der Waals surface area contributed by atoms with E-state index in [4.69, 9.17) is 10.2 Å². The lowest BCUT2D eigenvalue weighted by Crippen LogP contribution is -2.29. The van der Waals surface area contributed by atoms with E-state index in [2.05, 4.69) is 10.5 Å². The first-order chi connectivity index (χ1) is 13.4. The van der Waals surface area contributed by atoms with Crippen LogP contribution in [0.4, 0.5) is 0 Å². The second-order valence-corrected chi connectivity index (χ2v) is 6.10. The fraction of sp³-hybridized carbons (Fsp3) is 0.529. The van der Waals surface area contributed by atoms with Crippen LogP contribution >= 0.6 is 0 Å². The summed E-state index contributed by atoms with van der Waals surface area (Å²) in [5.41, 5.74) is 6.39. The fourth-order valence-corrected chi connectivity index (χ4v) is 2.52. The molecule has 0 radical (unpaired) electrons. The van der Waals surface area contributed by atoms with Crippen molar-refractivity contribution in [3.63, 3.8) is 0 Å². The molecule has 0 aromatic carbocycles. The van der Waals surface area contributed by atoms with Crippen molar-refractivity contribution in [1.82, 2.24) is 14.7 Å². The number of carboxylic acid groups (broad SMARTS) is 1. The highest BCUT2D eigenvalue weighted by atomic mass is 16.6. The number of ketones is 2. The number of nitrogens with zero attached hydrogens (tertiary/aromatic N) is 3. The molecule has 3 heterocycles. The lowest BCUT2D eigenvalue weighted by Gasteiger charge is -2.21. The summed E-state index contributed by atoms with van der Waals surface area (Å²) >= 11 is 0. The highest BCUT2D eigenvalue weighted by Crippen LogP contribution is 2.33. The van der Waals surface area contributed by atoms with Crippen molar-refractivity contribution >= 4 is 23.5 Å². The Kier molecular flexibility index (Phi) is 7.12. The third-order valence-electron chi connectivity index (χ3n) is 4.01. The summed E-state index contributed by atoms with van der Waals surface area (Å²) in [5.74, 6) is -2.16. The molecule has 0 bridgehead atoms. The Hall–Kier alpha value is -2.92. The number of carbonyl (C=O) groups excluding carboxylic acids is 3. The van der Waals surface area contributed by atoms with Crippen LogP contribution < -0.4 is 5.73 Å². The number of carbonyl (C=O) groups is 4. The highest BCUT2D eigenvalue weighted by Gasteiger charge is 2.43. The Morgan fingerprint density at radius 1 is 1.00 bits per heavy atom. The number of aliphatic hydroxyl groups is 1. The number of allylic oxidation sites excluding steroid dienone is 1. The zero-order valence-electron chi connectivity index (χ0n) is 15.6. The van der Waals surface area contributed by atoms with E-state index in [0.29, 0.717) is 17.1 Å². The van der Waals surface area contributed by atoms with Crippen molar-refractivity contribution in [3.8, 4) is 0 Å². The number of carboxylic acids is 1. The summed E-state index contributed by atoms with van der Waals surface area (Å²) in [6, 6.07) is 0. The van der Waals surface area contributed by atoms with Crippen molar-refractivity contribution < 1.29 is 34.1 Å². The molecule has 0 aromatic rings. The minimum absolute atomic E-state index is 0.00546. The van der Waals surface area contributed by atoms with Crippen LogP contribution in [0.1, 0.15) is 6.42 Å². The molecule has 3 saturated heterocycles. The van der Waals surface area contributed by atoms with Gasteiger partial charge in [0.15, 0.2) is 6.79 Å². The second-order valence-electron chi connectivity index (χ2n) is 6.10. The summed E-state index contributed by atoms with van der Waals surface area (Å²) < 4.78 is 3.89. The van der Waals surface area contributed by atoms with Gasteiger partial charge < -0.3 is 35.4 Å². The van der Waals surface area contributed by atoms with Gasteiger partial charge in [-0.25, -0.2) is 0 Å². The molecule has 1 aliphatic carbocycles. The van der Waals surface area contributed by atoms with Crippen molar-refractivity contribution in [2.75, 3.05) is 53.1 Å². The minimum atomic E-state index is -1.27. The van der Waals surface area contributed by atoms with Gasteiger partial charge in [0.25, 0.3) is 0 Å². The molecule has 11 heteroatoms. The molecule has 0 spiro atoms. The molecular formula is C17H24N4O7. The van der Waals surface area contributed by atoms with Crippen molar-refractivity contribution in [2.24, 2.45) is 5.73 Å². The Morgan fingerprint density at radius 3 is 1.93 bits per heavy atom. The number of aliphatic hydroxyl groups excluding tert-OH is 1. The van der Waals surface area contributed by atoms with Gasteiger partial charge in [-0.1, -0.05) is 0 Å². The molecule has 4 aliphatic rings. The molecule has 4 rings (SSSR count). The molecule has 11 nitrogen and oxygen atoms in total. The summed E-state index contributed by atoms with van der Waals surface area (Å²) in [5, 5.41) is 15.8. The largest absolute Gasteiger partial charge is 0.481 e. The molecule has 0 saturated carbocycles. The maximum atomic E-state index is 12.4. The molecule has 4 N–H and O–H groups in total. The first-order valence-electron chi connectivity index (χ1n) is 8.78. The monoisotopic (exact) mass is 396 g/mol. The number of Topliss-reactive ketones (excluding diaryl/α,β-unsaturated/α-hetero) is 1. The van der Waals surface area contributed by atoms with Crippen LogP contribution in [0.3, 0.4) is 0 Å². The van der Waals surface area contributed by atoms with E-state index in [1.54, 1.807) is 0 Å². The van der Waals surface area contributed by atoms with Gasteiger partial charge in [0, 0.05) is 45.3 Å². The van der Waals surface area contributed by atoms with Gasteiger partial charge in [-0.05, 0) is 7.05 Å². The van der Waals surface area contributed by atoms with E-state index in [9.17, 15) is 19.2 Å². The smallest absolute Gasteiger partial charge is 0.319 e. The van der Waals surface area contributed by atoms with Crippen molar-refractivity contribution in [2.45, 2.75) is 6.42 Å². The molecule has 3 fully saturated rings. The Morgan fingerprint density at radius 2 is 1.50 bits per heavy atom. The number of hydrogen-bond donors (Lipinski definition) is 3. The van der Waals surface area contributed by atoms with Gasteiger partial charge in [0.1, 0.15) is 17.8 Å². The molecular weight excluding hydrogens is 372 g/mol. The van der Waals surface area contributed by atoms with E-state index in [-0.39, 0.29) is 11.6 Å². The Bertz CT molecular complexity index is 719. The van der Waals surface area contributed by atoms with Crippen LogP contribution in [0, 0.1) is 0 Å². The quantitative estimate of drug-likeness (QED) is 0.146. The molecule has 0 aromatic heterocycles. The van der Waals surface area contributed by atoms with E-state index >= 15 is 0 Å². The number of esters is 1. The zero-order valence-corrected chi connectivity index (χ0v) is 15.6. The normalized spacial score (nSPS) is 19.1. The summed E-state index contributed by atoms with van der Waals surface area (Å²) in [7, 11) is 1.50. The first-order valence-corrected chi connectivity index (χ1v) is 8.78. The standard InChI is InChI=1S/C12H13N3O2.C4H6O5.CH5N/c16-9-7-8(13-1-2-13)12(17)11(15-5-6-15)10(9)14-3-4-14;5-2-9-4(8)1-3(6)7;1-2/h7H,1-6H2;5H,1-2H2,(H,6,7);2H2,1H3. The number of rotatable bonds is 6. The molecule has 28 heavy (non-hydrogen) atoms. The van der Waals surface area contributed by atoms with Gasteiger partial charge in [-0.3, -0.25) is 19.2 Å². The third-order valence-corrected chi connectivity index (χ3v) is 4.01. The lowest BCUT2D eigenvalue weighted by molar-refractivity contribution is -0.157. The maximum Gasteiger partial charge on any atom is 0.319 e. The first kappa shape index (κ1) is 21.4. The third kappa shape index (κ3) is 5.54. The van der Waals surface area contributed by atoms with Gasteiger partial charge in [0.2, 0.25) is 11.6 Å². The fourth-order valence-electron chi connectivity index (χ4n) is 2.52. The van der Waals surface area contributed by atoms with Crippen LogP contribution in [0.2, 0.25) is 0 Å². The van der Waals surface area contributed by atoms with Gasteiger partial charge >= 0.3 is 11.9 Å². The summed E-state index contributed by atoms with van der Waals surface area (Å²) in [6.45, 7) is 4.63.